The molecule has 1 saturated heterocycles. The standard InChI is InChI=1S/C18H15F3N4O3/c19-18(20,21)17(6-10-26-11-7-17)15-24-14(25-28-15)12-2-4-13(5-3-12)27-16-22-8-1-9-23-16/h1-5,8-9H,6-7,10-11H2. The van der Waals surface area contributed by atoms with Gasteiger partial charge in [0.1, 0.15) is 11.2 Å². The minimum Gasteiger partial charge on any atom is -0.424 e. The zero-order valence-corrected chi connectivity index (χ0v) is 14.5. The number of rotatable bonds is 4. The largest absolute Gasteiger partial charge is 0.424 e. The van der Waals surface area contributed by atoms with Crippen LogP contribution in [0.5, 0.6) is 11.8 Å². The van der Waals surface area contributed by atoms with Gasteiger partial charge >= 0.3 is 12.2 Å². The Hall–Kier alpha value is -3.01. The Bertz CT molecular complexity index is 923. The quantitative estimate of drug-likeness (QED) is 0.665. The number of aromatic nitrogens is 4. The summed E-state index contributed by atoms with van der Waals surface area (Å²) in [5, 5.41) is 3.74. The molecule has 0 spiro atoms. The smallest absolute Gasteiger partial charge is 0.403 e. The van der Waals surface area contributed by atoms with Crippen LogP contribution in [0.15, 0.2) is 47.2 Å². The van der Waals surface area contributed by atoms with E-state index in [2.05, 4.69) is 20.1 Å². The predicted molar refractivity (Wildman–Crippen MR) is 89.6 cm³/mol. The fourth-order valence-electron chi connectivity index (χ4n) is 2.99. The van der Waals surface area contributed by atoms with Crippen molar-refractivity contribution in [2.45, 2.75) is 24.4 Å². The molecule has 0 radical (unpaired) electrons. The fraction of sp³-hybridized carbons (Fsp3) is 0.333. The molecule has 1 aromatic carbocycles. The van der Waals surface area contributed by atoms with Crippen LogP contribution in [-0.4, -0.2) is 39.5 Å². The highest BCUT2D eigenvalue weighted by atomic mass is 19.4. The van der Waals surface area contributed by atoms with Crippen LogP contribution in [-0.2, 0) is 10.2 Å². The molecule has 0 aliphatic carbocycles. The predicted octanol–water partition coefficient (Wildman–Crippen LogP) is 3.93. The van der Waals surface area contributed by atoms with Gasteiger partial charge in [0, 0.05) is 31.2 Å². The van der Waals surface area contributed by atoms with Crippen LogP contribution in [0.25, 0.3) is 11.4 Å². The Kier molecular flexibility index (Phi) is 4.71. The van der Waals surface area contributed by atoms with Crippen LogP contribution >= 0.6 is 0 Å². The molecule has 0 N–H and O–H groups in total. The van der Waals surface area contributed by atoms with Gasteiger partial charge in [0.15, 0.2) is 0 Å². The van der Waals surface area contributed by atoms with Crippen LogP contribution in [0, 0.1) is 0 Å². The Morgan fingerprint density at radius 3 is 2.32 bits per heavy atom. The molecule has 0 unspecified atom stereocenters. The number of halogens is 3. The minimum atomic E-state index is -4.51. The lowest BCUT2D eigenvalue weighted by molar-refractivity contribution is -0.217. The first-order valence-corrected chi connectivity index (χ1v) is 8.52. The zero-order chi connectivity index (χ0) is 19.6. The maximum Gasteiger partial charge on any atom is 0.403 e. The van der Waals surface area contributed by atoms with Crippen molar-refractivity contribution in [2.24, 2.45) is 0 Å². The van der Waals surface area contributed by atoms with Crippen molar-refractivity contribution in [1.82, 2.24) is 20.1 Å². The van der Waals surface area contributed by atoms with E-state index < -0.39 is 17.5 Å². The van der Waals surface area contributed by atoms with E-state index in [1.54, 1.807) is 42.7 Å². The Morgan fingerprint density at radius 1 is 1.00 bits per heavy atom. The summed E-state index contributed by atoms with van der Waals surface area (Å²) in [6.45, 7) is -0.0182. The van der Waals surface area contributed by atoms with Gasteiger partial charge in [-0.2, -0.15) is 18.2 Å². The number of ether oxygens (including phenoxy) is 2. The average molecular weight is 392 g/mol. The fourth-order valence-corrected chi connectivity index (χ4v) is 2.99. The summed E-state index contributed by atoms with van der Waals surface area (Å²) in [5.41, 5.74) is -1.68. The van der Waals surface area contributed by atoms with E-state index in [9.17, 15) is 13.2 Å². The maximum absolute atomic E-state index is 13.7. The molecule has 146 valence electrons. The molecule has 2 aromatic heterocycles. The van der Waals surface area contributed by atoms with Crippen molar-refractivity contribution >= 4 is 0 Å². The van der Waals surface area contributed by atoms with E-state index >= 15 is 0 Å². The van der Waals surface area contributed by atoms with E-state index in [1.165, 1.54) is 0 Å². The van der Waals surface area contributed by atoms with Gasteiger partial charge in [0.2, 0.25) is 11.7 Å². The lowest BCUT2D eigenvalue weighted by Gasteiger charge is -2.35. The van der Waals surface area contributed by atoms with E-state index in [0.29, 0.717) is 11.3 Å². The van der Waals surface area contributed by atoms with Gasteiger partial charge in [-0.25, -0.2) is 9.97 Å². The SMILES string of the molecule is FC(F)(F)C1(c2nc(-c3ccc(Oc4ncccn4)cc3)no2)CCOCC1. The number of hydrogen-bond acceptors (Lipinski definition) is 7. The molecule has 4 rings (SSSR count). The van der Waals surface area contributed by atoms with Crippen molar-refractivity contribution < 1.29 is 27.2 Å². The van der Waals surface area contributed by atoms with Gasteiger partial charge in [0.25, 0.3) is 0 Å². The van der Waals surface area contributed by atoms with Crippen LogP contribution in [0.2, 0.25) is 0 Å². The zero-order valence-electron chi connectivity index (χ0n) is 14.5. The van der Waals surface area contributed by atoms with Gasteiger partial charge in [-0.3, -0.25) is 0 Å². The molecule has 3 aromatic rings. The van der Waals surface area contributed by atoms with E-state index in [0.717, 1.165) is 0 Å². The number of benzene rings is 1. The van der Waals surface area contributed by atoms with Gasteiger partial charge < -0.3 is 14.0 Å². The summed E-state index contributed by atoms with van der Waals surface area (Å²) in [5.74, 6) is 0.110. The van der Waals surface area contributed by atoms with Crippen molar-refractivity contribution in [3.63, 3.8) is 0 Å². The summed E-state index contributed by atoms with van der Waals surface area (Å²) in [4.78, 5) is 11.9. The highest BCUT2D eigenvalue weighted by Crippen LogP contribution is 2.47. The Morgan fingerprint density at radius 2 is 1.68 bits per heavy atom. The van der Waals surface area contributed by atoms with Gasteiger partial charge in [0.05, 0.1) is 0 Å². The van der Waals surface area contributed by atoms with Crippen molar-refractivity contribution in [1.29, 1.82) is 0 Å². The molecule has 1 fully saturated rings. The second kappa shape index (κ2) is 7.19. The normalized spacial score (nSPS) is 16.7. The molecule has 0 atom stereocenters. The highest BCUT2D eigenvalue weighted by Gasteiger charge is 2.60. The molecule has 1 aliphatic heterocycles. The first kappa shape index (κ1) is 18.4. The van der Waals surface area contributed by atoms with Gasteiger partial charge in [-0.15, -0.1) is 0 Å². The molecule has 10 heteroatoms. The van der Waals surface area contributed by atoms with Gasteiger partial charge in [-0.1, -0.05) is 5.16 Å². The third-order valence-corrected chi connectivity index (χ3v) is 4.59. The van der Waals surface area contributed by atoms with Crippen LogP contribution in [0.4, 0.5) is 13.2 Å². The van der Waals surface area contributed by atoms with E-state index in [1.807, 2.05) is 0 Å². The van der Waals surface area contributed by atoms with Crippen molar-refractivity contribution in [3.8, 4) is 23.1 Å². The molecule has 0 amide bonds. The van der Waals surface area contributed by atoms with Gasteiger partial charge in [-0.05, 0) is 43.2 Å². The Labute approximate surface area is 157 Å². The second-order valence-corrected chi connectivity index (χ2v) is 6.27. The molecular weight excluding hydrogens is 377 g/mol. The number of hydrogen-bond donors (Lipinski definition) is 0. The van der Waals surface area contributed by atoms with Crippen molar-refractivity contribution in [2.75, 3.05) is 13.2 Å². The average Bonchev–Trinajstić information content (AvgIpc) is 3.20. The monoisotopic (exact) mass is 392 g/mol. The molecule has 3 heterocycles. The maximum atomic E-state index is 13.7. The summed E-state index contributed by atoms with van der Waals surface area (Å²) >= 11 is 0. The van der Waals surface area contributed by atoms with E-state index in [4.69, 9.17) is 14.0 Å². The molecular formula is C18H15F3N4O3. The Balaban J connectivity index is 1.57. The lowest BCUT2D eigenvalue weighted by Crippen LogP contribution is -2.47. The third-order valence-electron chi connectivity index (χ3n) is 4.59. The van der Waals surface area contributed by atoms with Crippen molar-refractivity contribution in [3.05, 3.63) is 48.6 Å². The topological polar surface area (TPSA) is 83.2 Å². The molecule has 0 bridgehead atoms. The molecule has 28 heavy (non-hydrogen) atoms. The lowest BCUT2D eigenvalue weighted by atomic mass is 9.79. The van der Waals surface area contributed by atoms with Crippen LogP contribution < -0.4 is 4.74 Å². The summed E-state index contributed by atoms with van der Waals surface area (Å²) in [6, 6.07) is 8.33. The van der Waals surface area contributed by atoms with Crippen LogP contribution in [0.1, 0.15) is 18.7 Å². The molecule has 0 saturated carbocycles. The van der Waals surface area contributed by atoms with E-state index in [-0.39, 0.29) is 37.9 Å². The number of alkyl halides is 3. The molecule has 1 aliphatic rings. The number of nitrogens with zero attached hydrogens (tertiary/aromatic N) is 4. The summed E-state index contributed by atoms with van der Waals surface area (Å²) in [6.07, 6.45) is -1.91. The first-order chi connectivity index (χ1) is 13.5. The first-order valence-electron chi connectivity index (χ1n) is 8.52. The second-order valence-electron chi connectivity index (χ2n) is 6.27. The molecule has 7 nitrogen and oxygen atoms in total. The minimum absolute atomic E-state index is 0.00911. The summed E-state index contributed by atoms with van der Waals surface area (Å²) < 4.78 is 56.8. The summed E-state index contributed by atoms with van der Waals surface area (Å²) in [7, 11) is 0. The van der Waals surface area contributed by atoms with Crippen LogP contribution in [0.3, 0.4) is 0 Å². The highest BCUT2D eigenvalue weighted by molar-refractivity contribution is 5.55. The third kappa shape index (κ3) is 3.42.